The van der Waals surface area contributed by atoms with Crippen LogP contribution in [0.3, 0.4) is 0 Å². The fourth-order valence-corrected chi connectivity index (χ4v) is 1.24. The minimum absolute atomic E-state index is 0.152. The predicted molar refractivity (Wildman–Crippen MR) is 83.6 cm³/mol. The number of hydrogen-bond donors (Lipinski definition) is 1. The Morgan fingerprint density at radius 1 is 1.11 bits per heavy atom. The van der Waals surface area contributed by atoms with Gasteiger partial charge < -0.3 is 10.1 Å². The van der Waals surface area contributed by atoms with Crippen molar-refractivity contribution >= 4 is 11.7 Å². The summed E-state index contributed by atoms with van der Waals surface area (Å²) in [6, 6.07) is 8.19. The van der Waals surface area contributed by atoms with Crippen molar-refractivity contribution in [3.05, 3.63) is 29.8 Å². The summed E-state index contributed by atoms with van der Waals surface area (Å²) >= 11 is 0. The molecule has 0 saturated carbocycles. The molecule has 0 aliphatic rings. The zero-order valence-corrected chi connectivity index (χ0v) is 13.2. The van der Waals surface area contributed by atoms with Crippen LogP contribution in [0.4, 0.5) is 5.69 Å². The monoisotopic (exact) mass is 267 g/mol. The van der Waals surface area contributed by atoms with E-state index in [1.54, 1.807) is 0 Å². The number of methoxy groups -OCH3 is 1. The molecule has 0 saturated heterocycles. The van der Waals surface area contributed by atoms with E-state index in [1.807, 2.05) is 39.8 Å². The molecule has 1 N–H and O–H groups in total. The first-order chi connectivity index (χ1) is 9.22. The van der Waals surface area contributed by atoms with Gasteiger partial charge in [0.05, 0.1) is 7.11 Å². The topological polar surface area (TPSA) is 38.3 Å². The average Bonchev–Trinajstić information content (AvgIpc) is 2.49. The van der Waals surface area contributed by atoms with Gasteiger partial charge in [-0.3, -0.25) is 4.79 Å². The highest BCUT2D eigenvalue weighted by molar-refractivity contribution is 5.69. The fraction of sp³-hybridized carbons (Fsp3) is 0.562. The Hall–Kier alpha value is -1.51. The highest BCUT2D eigenvalue weighted by atomic mass is 16.5. The third kappa shape index (κ3) is 11.3. The average molecular weight is 267 g/mol. The van der Waals surface area contributed by atoms with Crippen LogP contribution in [0.5, 0.6) is 0 Å². The third-order valence-corrected chi connectivity index (χ3v) is 2.17. The lowest BCUT2D eigenvalue weighted by atomic mass is 10.2. The van der Waals surface area contributed by atoms with Crippen LogP contribution in [0.1, 0.15) is 46.1 Å². The van der Waals surface area contributed by atoms with E-state index in [0.717, 1.165) is 18.7 Å². The molecule has 110 valence electrons. The molecule has 1 rings (SSSR count). The molecule has 0 amide bonds. The number of aryl methyl sites for hydroxylation is 1. The minimum Gasteiger partial charge on any atom is -0.469 e. The molecular formula is C16H29NO2. The lowest BCUT2D eigenvalue weighted by Gasteiger charge is -2.05. The third-order valence-electron chi connectivity index (χ3n) is 2.17. The predicted octanol–water partition coefficient (Wildman–Crippen LogP) is 4.41. The van der Waals surface area contributed by atoms with Gasteiger partial charge in [-0.05, 0) is 25.5 Å². The van der Waals surface area contributed by atoms with Crippen molar-refractivity contribution in [2.24, 2.45) is 0 Å². The van der Waals surface area contributed by atoms with E-state index in [1.165, 1.54) is 12.7 Å². The fourth-order valence-electron chi connectivity index (χ4n) is 1.24. The quantitative estimate of drug-likeness (QED) is 0.634. The smallest absolute Gasteiger partial charge is 0.305 e. The van der Waals surface area contributed by atoms with Crippen LogP contribution in [0, 0.1) is 6.92 Å². The van der Waals surface area contributed by atoms with Gasteiger partial charge in [0.15, 0.2) is 0 Å². The molecule has 0 atom stereocenters. The van der Waals surface area contributed by atoms with E-state index in [9.17, 15) is 4.79 Å². The molecule has 0 aliphatic heterocycles. The molecule has 0 fully saturated rings. The van der Waals surface area contributed by atoms with Gasteiger partial charge in [-0.1, -0.05) is 45.4 Å². The Balaban J connectivity index is 0. The number of carbonyl (C=O) groups is 1. The van der Waals surface area contributed by atoms with Crippen molar-refractivity contribution in [2.45, 2.75) is 47.5 Å². The summed E-state index contributed by atoms with van der Waals surface area (Å²) in [5.74, 6) is -0.152. The highest BCUT2D eigenvalue weighted by Gasteiger charge is 1.98. The molecule has 0 unspecified atom stereocenters. The zero-order valence-electron chi connectivity index (χ0n) is 13.2. The van der Waals surface area contributed by atoms with E-state index in [-0.39, 0.29) is 5.97 Å². The van der Waals surface area contributed by atoms with Gasteiger partial charge in [-0.2, -0.15) is 0 Å². The summed E-state index contributed by atoms with van der Waals surface area (Å²) in [5, 5.41) is 3.24. The maximum absolute atomic E-state index is 10.8. The van der Waals surface area contributed by atoms with Gasteiger partial charge >= 0.3 is 5.97 Å². The first-order valence-corrected chi connectivity index (χ1v) is 7.09. The maximum Gasteiger partial charge on any atom is 0.305 e. The number of carbonyl (C=O) groups excluding carboxylic acids is 1. The van der Waals surface area contributed by atoms with E-state index >= 15 is 0 Å². The Morgan fingerprint density at radius 2 is 1.63 bits per heavy atom. The van der Waals surface area contributed by atoms with Crippen LogP contribution in [-0.4, -0.2) is 19.6 Å². The molecule has 0 spiro atoms. The number of nitrogens with one attached hydrogen (secondary N) is 1. The number of hydrogen-bond acceptors (Lipinski definition) is 3. The molecule has 1 aromatic rings. The van der Waals surface area contributed by atoms with Crippen molar-refractivity contribution in [1.29, 1.82) is 0 Å². The standard InChI is InChI=1S/C12H17NO2.2C2H6/c1-10-5-7-11(8-6-10)13-9-3-4-12(14)15-2;2*1-2/h5-8,13H,3-4,9H2,1-2H3;2*1-2H3. The van der Waals surface area contributed by atoms with Crippen LogP contribution in [0.25, 0.3) is 0 Å². The number of ether oxygens (including phenoxy) is 1. The summed E-state index contributed by atoms with van der Waals surface area (Å²) in [4.78, 5) is 10.8. The first kappa shape index (κ1) is 19.8. The minimum atomic E-state index is -0.152. The Kier molecular flexibility index (Phi) is 15.2. The van der Waals surface area contributed by atoms with Crippen LogP contribution >= 0.6 is 0 Å². The SMILES string of the molecule is CC.CC.COC(=O)CCCNc1ccc(C)cc1. The van der Waals surface area contributed by atoms with Crippen molar-refractivity contribution in [2.75, 3.05) is 19.0 Å². The lowest BCUT2D eigenvalue weighted by molar-refractivity contribution is -0.140. The van der Waals surface area contributed by atoms with Gasteiger partial charge in [-0.25, -0.2) is 0 Å². The Bertz CT molecular complexity index is 307. The van der Waals surface area contributed by atoms with Gasteiger partial charge in [0.2, 0.25) is 0 Å². The normalized spacial score (nSPS) is 8.32. The van der Waals surface area contributed by atoms with Gasteiger partial charge in [0, 0.05) is 18.7 Å². The molecule has 0 heterocycles. The number of benzene rings is 1. The van der Waals surface area contributed by atoms with Crippen LogP contribution in [0.15, 0.2) is 24.3 Å². The maximum atomic E-state index is 10.8. The second kappa shape index (κ2) is 14.6. The summed E-state index contributed by atoms with van der Waals surface area (Å²) in [6.07, 6.45) is 1.26. The molecule has 0 aliphatic carbocycles. The molecule has 0 bridgehead atoms. The summed E-state index contributed by atoms with van der Waals surface area (Å²) < 4.78 is 4.55. The van der Waals surface area contributed by atoms with Gasteiger partial charge in [-0.15, -0.1) is 0 Å². The van der Waals surface area contributed by atoms with Crippen molar-refractivity contribution in [3.8, 4) is 0 Å². The Morgan fingerprint density at radius 3 is 2.11 bits per heavy atom. The second-order valence-corrected chi connectivity index (χ2v) is 3.47. The van der Waals surface area contributed by atoms with Gasteiger partial charge in [0.1, 0.15) is 0 Å². The summed E-state index contributed by atoms with van der Waals surface area (Å²) in [7, 11) is 1.41. The molecule has 0 radical (unpaired) electrons. The van der Waals surface area contributed by atoms with Gasteiger partial charge in [0.25, 0.3) is 0 Å². The molecule has 1 aromatic carbocycles. The van der Waals surface area contributed by atoms with Crippen molar-refractivity contribution in [1.82, 2.24) is 0 Å². The van der Waals surface area contributed by atoms with E-state index in [4.69, 9.17) is 0 Å². The number of esters is 1. The van der Waals surface area contributed by atoms with E-state index < -0.39 is 0 Å². The Labute approximate surface area is 118 Å². The number of rotatable bonds is 5. The highest BCUT2D eigenvalue weighted by Crippen LogP contribution is 2.08. The molecule has 0 aromatic heterocycles. The first-order valence-electron chi connectivity index (χ1n) is 7.09. The lowest BCUT2D eigenvalue weighted by Crippen LogP contribution is -2.06. The largest absolute Gasteiger partial charge is 0.469 e. The molecular weight excluding hydrogens is 238 g/mol. The van der Waals surface area contributed by atoms with E-state index in [2.05, 4.69) is 29.1 Å². The van der Waals surface area contributed by atoms with Crippen LogP contribution in [0.2, 0.25) is 0 Å². The van der Waals surface area contributed by atoms with Crippen molar-refractivity contribution < 1.29 is 9.53 Å². The molecule has 3 heteroatoms. The zero-order chi connectivity index (χ0) is 15.1. The molecule has 3 nitrogen and oxygen atoms in total. The second-order valence-electron chi connectivity index (χ2n) is 3.47. The van der Waals surface area contributed by atoms with Crippen LogP contribution < -0.4 is 5.32 Å². The van der Waals surface area contributed by atoms with E-state index in [0.29, 0.717) is 6.42 Å². The van der Waals surface area contributed by atoms with Crippen LogP contribution in [-0.2, 0) is 9.53 Å². The summed E-state index contributed by atoms with van der Waals surface area (Å²) in [5.41, 5.74) is 2.33. The summed E-state index contributed by atoms with van der Waals surface area (Å²) in [6.45, 7) is 10.8. The number of anilines is 1. The molecule has 19 heavy (non-hydrogen) atoms. The van der Waals surface area contributed by atoms with Crippen molar-refractivity contribution in [3.63, 3.8) is 0 Å².